The van der Waals surface area contributed by atoms with E-state index >= 15 is 0 Å². The van der Waals surface area contributed by atoms with Gasteiger partial charge in [0.05, 0.1) is 21.5 Å². The minimum atomic E-state index is -1.41. The van der Waals surface area contributed by atoms with Crippen LogP contribution in [0.4, 0.5) is 10.8 Å². The van der Waals surface area contributed by atoms with Crippen molar-refractivity contribution in [1.82, 2.24) is 9.88 Å². The highest BCUT2D eigenvalue weighted by Gasteiger charge is 2.61. The van der Waals surface area contributed by atoms with Gasteiger partial charge >= 0.3 is 0 Å². The Morgan fingerprint density at radius 3 is 2.63 bits per heavy atom. The van der Waals surface area contributed by atoms with Crippen molar-refractivity contribution in [2.75, 3.05) is 10.2 Å². The summed E-state index contributed by atoms with van der Waals surface area (Å²) in [6.07, 6.45) is 0.429. The third kappa shape index (κ3) is 2.50. The van der Waals surface area contributed by atoms with Gasteiger partial charge in [0.2, 0.25) is 11.6 Å². The van der Waals surface area contributed by atoms with Crippen molar-refractivity contribution in [3.05, 3.63) is 54.1 Å². The van der Waals surface area contributed by atoms with Gasteiger partial charge in [-0.05, 0) is 38.1 Å². The second-order valence-electron chi connectivity index (χ2n) is 7.77. The van der Waals surface area contributed by atoms with Gasteiger partial charge in [0.15, 0.2) is 5.13 Å². The summed E-state index contributed by atoms with van der Waals surface area (Å²) in [5, 5.41) is 3.35. The highest BCUT2D eigenvalue weighted by molar-refractivity contribution is 7.22. The molecule has 1 atom stereocenters. The standard InChI is InChI=1S/C22H20N4O3S/c1-13(2)25-19(28)14-7-3-5-9-16(14)26-18(27)11-12-22(25,26)20(29)24-21-23-15-8-4-6-10-17(15)30-21/h3-10,13H,11-12H2,1-2H3,(H,23,24,29). The fraction of sp³-hybridized carbons (Fsp3) is 0.273. The van der Waals surface area contributed by atoms with Gasteiger partial charge < -0.3 is 4.90 Å². The van der Waals surface area contributed by atoms with E-state index in [0.29, 0.717) is 16.4 Å². The van der Waals surface area contributed by atoms with E-state index in [2.05, 4.69) is 10.3 Å². The van der Waals surface area contributed by atoms with Crippen LogP contribution in [0.2, 0.25) is 0 Å². The molecule has 2 aliphatic heterocycles. The first-order chi connectivity index (χ1) is 14.4. The predicted octanol–water partition coefficient (Wildman–Crippen LogP) is 3.62. The fourth-order valence-corrected chi connectivity index (χ4v) is 5.39. The minimum absolute atomic E-state index is 0.167. The molecule has 3 amide bonds. The van der Waals surface area contributed by atoms with E-state index in [4.69, 9.17) is 0 Å². The second kappa shape index (κ2) is 6.63. The molecule has 1 saturated heterocycles. The summed E-state index contributed by atoms with van der Waals surface area (Å²) in [4.78, 5) is 47.6. The van der Waals surface area contributed by atoms with Crippen molar-refractivity contribution in [2.24, 2.45) is 0 Å². The number of hydrogen-bond acceptors (Lipinski definition) is 5. The van der Waals surface area contributed by atoms with Crippen LogP contribution in [0.5, 0.6) is 0 Å². The summed E-state index contributed by atoms with van der Waals surface area (Å²) in [6, 6.07) is 14.3. The average Bonchev–Trinajstić information content (AvgIpc) is 3.29. The van der Waals surface area contributed by atoms with E-state index in [9.17, 15) is 14.4 Å². The molecule has 2 aliphatic rings. The summed E-state index contributed by atoms with van der Waals surface area (Å²) in [7, 11) is 0. The monoisotopic (exact) mass is 420 g/mol. The molecule has 3 aromatic rings. The number of nitrogens with one attached hydrogen (secondary N) is 1. The smallest absolute Gasteiger partial charge is 0.273 e. The van der Waals surface area contributed by atoms with E-state index in [0.717, 1.165) is 10.2 Å². The third-order valence-corrected chi connectivity index (χ3v) is 6.65. The molecule has 8 heteroatoms. The molecule has 1 N–H and O–H groups in total. The first-order valence-corrected chi connectivity index (χ1v) is 10.7. The molecular weight excluding hydrogens is 400 g/mol. The lowest BCUT2D eigenvalue weighted by molar-refractivity contribution is -0.129. The number of thiazole rings is 1. The van der Waals surface area contributed by atoms with Gasteiger partial charge in [0.25, 0.3) is 11.8 Å². The van der Waals surface area contributed by atoms with Gasteiger partial charge in [-0.1, -0.05) is 35.6 Å². The summed E-state index contributed by atoms with van der Waals surface area (Å²) >= 11 is 1.37. The fourth-order valence-electron chi connectivity index (χ4n) is 4.53. The molecule has 0 radical (unpaired) electrons. The molecule has 1 fully saturated rings. The van der Waals surface area contributed by atoms with Crippen molar-refractivity contribution in [3.8, 4) is 0 Å². The van der Waals surface area contributed by atoms with Crippen LogP contribution in [0, 0.1) is 0 Å². The van der Waals surface area contributed by atoms with Crippen molar-refractivity contribution >= 4 is 50.1 Å². The number of para-hydroxylation sites is 2. The lowest BCUT2D eigenvalue weighted by atomic mass is 9.94. The Hall–Kier alpha value is -3.26. The van der Waals surface area contributed by atoms with E-state index in [-0.39, 0.29) is 30.7 Å². The number of amides is 3. The lowest BCUT2D eigenvalue weighted by Crippen LogP contribution is -2.70. The summed E-state index contributed by atoms with van der Waals surface area (Å²) < 4.78 is 0.954. The number of fused-ring (bicyclic) bond motifs is 4. The van der Waals surface area contributed by atoms with Gasteiger partial charge in [0, 0.05) is 18.9 Å². The maximum absolute atomic E-state index is 13.7. The number of benzene rings is 2. The Morgan fingerprint density at radius 1 is 1.13 bits per heavy atom. The first kappa shape index (κ1) is 18.7. The number of aromatic nitrogens is 1. The quantitative estimate of drug-likeness (QED) is 0.702. The number of hydrogen-bond donors (Lipinski definition) is 1. The predicted molar refractivity (Wildman–Crippen MR) is 115 cm³/mol. The lowest BCUT2D eigenvalue weighted by Gasteiger charge is -2.50. The van der Waals surface area contributed by atoms with Crippen LogP contribution in [0.3, 0.4) is 0 Å². The van der Waals surface area contributed by atoms with Crippen molar-refractivity contribution in [2.45, 2.75) is 38.4 Å². The van der Waals surface area contributed by atoms with E-state index in [1.807, 2.05) is 38.1 Å². The van der Waals surface area contributed by atoms with Crippen LogP contribution < -0.4 is 10.2 Å². The zero-order valence-electron chi connectivity index (χ0n) is 16.6. The van der Waals surface area contributed by atoms with Crippen LogP contribution in [-0.4, -0.2) is 39.3 Å². The summed E-state index contributed by atoms with van der Waals surface area (Å²) in [5.41, 5.74) is 0.306. The van der Waals surface area contributed by atoms with Gasteiger partial charge in [-0.15, -0.1) is 0 Å². The zero-order valence-corrected chi connectivity index (χ0v) is 17.4. The minimum Gasteiger partial charge on any atom is -0.304 e. The summed E-state index contributed by atoms with van der Waals surface area (Å²) in [6.45, 7) is 3.72. The Labute approximate surface area is 177 Å². The largest absolute Gasteiger partial charge is 0.304 e. The molecule has 2 aromatic carbocycles. The normalized spacial score (nSPS) is 20.6. The topological polar surface area (TPSA) is 82.6 Å². The average molecular weight is 420 g/mol. The van der Waals surface area contributed by atoms with Gasteiger partial charge in [-0.25, -0.2) is 4.98 Å². The van der Waals surface area contributed by atoms with E-state index in [1.165, 1.54) is 16.2 Å². The van der Waals surface area contributed by atoms with Gasteiger partial charge in [-0.3, -0.25) is 24.6 Å². The molecule has 3 heterocycles. The SMILES string of the molecule is CC(C)N1C(=O)c2ccccc2N2C(=O)CCC21C(=O)Nc1nc2ccccc2s1. The number of carbonyl (C=O) groups is 3. The molecule has 5 rings (SSSR count). The number of rotatable bonds is 3. The number of nitrogens with zero attached hydrogens (tertiary/aromatic N) is 3. The maximum Gasteiger partial charge on any atom is 0.273 e. The Bertz CT molecular complexity index is 1170. The molecule has 30 heavy (non-hydrogen) atoms. The van der Waals surface area contributed by atoms with Crippen molar-refractivity contribution < 1.29 is 14.4 Å². The van der Waals surface area contributed by atoms with E-state index < -0.39 is 11.6 Å². The molecule has 0 saturated carbocycles. The van der Waals surface area contributed by atoms with Crippen LogP contribution >= 0.6 is 11.3 Å². The van der Waals surface area contributed by atoms with Crippen molar-refractivity contribution in [1.29, 1.82) is 0 Å². The van der Waals surface area contributed by atoms with E-state index in [1.54, 1.807) is 29.2 Å². The van der Waals surface area contributed by atoms with Gasteiger partial charge in [0.1, 0.15) is 0 Å². The third-order valence-electron chi connectivity index (χ3n) is 5.69. The van der Waals surface area contributed by atoms with Crippen molar-refractivity contribution in [3.63, 3.8) is 0 Å². The first-order valence-electron chi connectivity index (χ1n) is 9.86. The molecular formula is C22H20N4O3S. The second-order valence-corrected chi connectivity index (χ2v) is 8.80. The van der Waals surface area contributed by atoms with Gasteiger partial charge in [-0.2, -0.15) is 0 Å². The molecule has 7 nitrogen and oxygen atoms in total. The van der Waals surface area contributed by atoms with Crippen LogP contribution in [0.15, 0.2) is 48.5 Å². The van der Waals surface area contributed by atoms with Crippen LogP contribution in [-0.2, 0) is 9.59 Å². The Kier molecular flexibility index (Phi) is 4.14. The molecule has 152 valence electrons. The highest BCUT2D eigenvalue weighted by Crippen LogP contribution is 2.46. The molecule has 0 spiro atoms. The molecule has 1 aromatic heterocycles. The summed E-state index contributed by atoms with van der Waals surface area (Å²) in [5.74, 6) is -0.824. The number of carbonyl (C=O) groups excluding carboxylic acids is 3. The van der Waals surface area contributed by atoms with Crippen LogP contribution in [0.25, 0.3) is 10.2 Å². The molecule has 0 aliphatic carbocycles. The highest BCUT2D eigenvalue weighted by atomic mass is 32.1. The number of anilines is 2. The molecule has 0 bridgehead atoms. The Morgan fingerprint density at radius 2 is 1.87 bits per heavy atom. The molecule has 1 unspecified atom stereocenters. The Balaban J connectivity index is 1.63. The zero-order chi connectivity index (χ0) is 21.0. The van der Waals surface area contributed by atoms with Crippen LogP contribution in [0.1, 0.15) is 37.0 Å². The maximum atomic E-state index is 13.7.